The second kappa shape index (κ2) is 8.52. The molecule has 1 aliphatic carbocycles. The molecule has 0 bridgehead atoms. The lowest BCUT2D eigenvalue weighted by Gasteiger charge is -2.10. The Morgan fingerprint density at radius 1 is 1.00 bits per heavy atom. The predicted molar refractivity (Wildman–Crippen MR) is 102 cm³/mol. The Labute approximate surface area is 153 Å². The summed E-state index contributed by atoms with van der Waals surface area (Å²) in [6, 6.07) is 15.0. The zero-order chi connectivity index (χ0) is 18.4. The predicted octanol–water partition coefficient (Wildman–Crippen LogP) is 4.01. The molecule has 26 heavy (non-hydrogen) atoms. The fourth-order valence-electron chi connectivity index (χ4n) is 2.71. The van der Waals surface area contributed by atoms with Gasteiger partial charge in [0.15, 0.2) is 0 Å². The number of nitrogens with one attached hydrogen (secondary N) is 2. The maximum absolute atomic E-state index is 12.2. The largest absolute Gasteiger partial charge is 0.494 e. The fraction of sp³-hybridized carbons (Fsp3) is 0.333. The van der Waals surface area contributed by atoms with Crippen LogP contribution in [0.15, 0.2) is 48.5 Å². The zero-order valence-corrected chi connectivity index (χ0v) is 15.0. The van der Waals surface area contributed by atoms with Crippen molar-refractivity contribution in [2.45, 2.75) is 32.6 Å². The molecule has 2 aromatic rings. The van der Waals surface area contributed by atoms with Crippen LogP contribution in [0.4, 0.5) is 11.4 Å². The summed E-state index contributed by atoms with van der Waals surface area (Å²) in [7, 11) is 0. The van der Waals surface area contributed by atoms with Gasteiger partial charge in [0.2, 0.25) is 11.8 Å². The summed E-state index contributed by atoms with van der Waals surface area (Å²) < 4.78 is 5.59. The normalized spacial score (nSPS) is 13.1. The lowest BCUT2D eigenvalue weighted by atomic mass is 10.1. The third kappa shape index (κ3) is 5.09. The molecule has 0 saturated heterocycles. The molecule has 2 amide bonds. The SMILES string of the molecule is CCOc1ccccc1CCC(=O)Nc1ccc(NC(=O)C2CC2)cc1. The number of amides is 2. The molecule has 0 aliphatic heterocycles. The van der Waals surface area contributed by atoms with E-state index >= 15 is 0 Å². The molecule has 0 aromatic heterocycles. The molecule has 1 saturated carbocycles. The van der Waals surface area contributed by atoms with Gasteiger partial charge in [-0.2, -0.15) is 0 Å². The number of hydrogen-bond acceptors (Lipinski definition) is 3. The van der Waals surface area contributed by atoms with Gasteiger partial charge in [-0.05, 0) is 62.1 Å². The molecule has 136 valence electrons. The monoisotopic (exact) mass is 352 g/mol. The van der Waals surface area contributed by atoms with Crippen molar-refractivity contribution in [3.05, 3.63) is 54.1 Å². The van der Waals surface area contributed by atoms with Gasteiger partial charge in [0, 0.05) is 23.7 Å². The molecule has 2 N–H and O–H groups in total. The maximum Gasteiger partial charge on any atom is 0.227 e. The van der Waals surface area contributed by atoms with Crippen molar-refractivity contribution in [3.8, 4) is 5.75 Å². The van der Waals surface area contributed by atoms with E-state index in [0.717, 1.165) is 35.5 Å². The van der Waals surface area contributed by atoms with Crippen LogP contribution in [0.25, 0.3) is 0 Å². The minimum Gasteiger partial charge on any atom is -0.494 e. The summed E-state index contributed by atoms with van der Waals surface area (Å²) in [5, 5.41) is 5.77. The minimum atomic E-state index is -0.0499. The lowest BCUT2D eigenvalue weighted by Crippen LogP contribution is -2.14. The Balaban J connectivity index is 1.49. The molecule has 1 aliphatic rings. The summed E-state index contributed by atoms with van der Waals surface area (Å²) in [4.78, 5) is 23.9. The van der Waals surface area contributed by atoms with E-state index in [1.54, 1.807) is 24.3 Å². The molecule has 0 radical (unpaired) electrons. The van der Waals surface area contributed by atoms with Gasteiger partial charge in [0.05, 0.1) is 6.61 Å². The summed E-state index contributed by atoms with van der Waals surface area (Å²) >= 11 is 0. The third-order valence-corrected chi connectivity index (χ3v) is 4.28. The van der Waals surface area contributed by atoms with Crippen molar-refractivity contribution >= 4 is 23.2 Å². The number of carbonyl (C=O) groups is 2. The molecular formula is C21H24N2O3. The first-order valence-corrected chi connectivity index (χ1v) is 9.07. The van der Waals surface area contributed by atoms with E-state index in [4.69, 9.17) is 4.74 Å². The standard InChI is InChI=1S/C21H24N2O3/c1-2-26-19-6-4-3-5-15(19)9-14-20(24)22-17-10-12-18(13-11-17)23-21(25)16-7-8-16/h3-6,10-13,16H,2,7-9,14H2,1H3,(H,22,24)(H,23,25). The first-order chi connectivity index (χ1) is 12.7. The van der Waals surface area contributed by atoms with Gasteiger partial charge >= 0.3 is 0 Å². The number of anilines is 2. The molecule has 2 aromatic carbocycles. The highest BCUT2D eigenvalue weighted by Crippen LogP contribution is 2.30. The van der Waals surface area contributed by atoms with Crippen LogP contribution in [0.3, 0.4) is 0 Å². The van der Waals surface area contributed by atoms with Gasteiger partial charge in [0.25, 0.3) is 0 Å². The number of aryl methyl sites for hydroxylation is 1. The van der Waals surface area contributed by atoms with E-state index in [1.165, 1.54) is 0 Å². The second-order valence-corrected chi connectivity index (χ2v) is 6.43. The topological polar surface area (TPSA) is 67.4 Å². The van der Waals surface area contributed by atoms with Gasteiger partial charge in [0.1, 0.15) is 5.75 Å². The number of rotatable bonds is 8. The van der Waals surface area contributed by atoms with Crippen LogP contribution in [-0.2, 0) is 16.0 Å². The van der Waals surface area contributed by atoms with Crippen molar-refractivity contribution in [1.29, 1.82) is 0 Å². The molecule has 1 fully saturated rings. The van der Waals surface area contributed by atoms with Gasteiger partial charge in [-0.25, -0.2) is 0 Å². The molecule has 0 heterocycles. The lowest BCUT2D eigenvalue weighted by molar-refractivity contribution is -0.117. The van der Waals surface area contributed by atoms with E-state index in [9.17, 15) is 9.59 Å². The highest BCUT2D eigenvalue weighted by molar-refractivity contribution is 5.95. The molecular weight excluding hydrogens is 328 g/mol. The van der Waals surface area contributed by atoms with Crippen molar-refractivity contribution in [2.75, 3.05) is 17.2 Å². The van der Waals surface area contributed by atoms with Crippen LogP contribution < -0.4 is 15.4 Å². The first kappa shape index (κ1) is 18.0. The average molecular weight is 352 g/mol. The molecule has 5 nitrogen and oxygen atoms in total. The van der Waals surface area contributed by atoms with Crippen LogP contribution in [0.1, 0.15) is 31.7 Å². The van der Waals surface area contributed by atoms with Crippen molar-refractivity contribution in [1.82, 2.24) is 0 Å². The molecule has 0 spiro atoms. The van der Waals surface area contributed by atoms with E-state index in [0.29, 0.717) is 19.4 Å². The van der Waals surface area contributed by atoms with E-state index in [2.05, 4.69) is 10.6 Å². The van der Waals surface area contributed by atoms with Gasteiger partial charge in [-0.1, -0.05) is 18.2 Å². The first-order valence-electron chi connectivity index (χ1n) is 9.07. The Hall–Kier alpha value is -2.82. The van der Waals surface area contributed by atoms with Crippen molar-refractivity contribution < 1.29 is 14.3 Å². The van der Waals surface area contributed by atoms with Crippen LogP contribution in [-0.4, -0.2) is 18.4 Å². The second-order valence-electron chi connectivity index (χ2n) is 6.43. The summed E-state index contributed by atoms with van der Waals surface area (Å²) in [5.74, 6) is 1.04. The maximum atomic E-state index is 12.2. The van der Waals surface area contributed by atoms with E-state index in [-0.39, 0.29) is 17.7 Å². The quantitative estimate of drug-likeness (QED) is 0.754. The number of hydrogen-bond donors (Lipinski definition) is 2. The molecule has 5 heteroatoms. The van der Waals surface area contributed by atoms with E-state index < -0.39 is 0 Å². The Bertz CT molecular complexity index is 767. The third-order valence-electron chi connectivity index (χ3n) is 4.28. The summed E-state index contributed by atoms with van der Waals surface area (Å²) in [5.41, 5.74) is 2.51. The number of para-hydroxylation sites is 1. The van der Waals surface area contributed by atoms with Crippen LogP contribution in [0.5, 0.6) is 5.75 Å². The molecule has 0 atom stereocenters. The Morgan fingerprint density at radius 2 is 1.65 bits per heavy atom. The highest BCUT2D eigenvalue weighted by Gasteiger charge is 2.29. The fourth-order valence-corrected chi connectivity index (χ4v) is 2.71. The molecule has 3 rings (SSSR count). The van der Waals surface area contributed by atoms with Crippen molar-refractivity contribution in [2.24, 2.45) is 5.92 Å². The zero-order valence-electron chi connectivity index (χ0n) is 15.0. The number of carbonyl (C=O) groups excluding carboxylic acids is 2. The summed E-state index contributed by atoms with van der Waals surface area (Å²) in [6.07, 6.45) is 2.96. The number of ether oxygens (including phenoxy) is 1. The van der Waals surface area contributed by atoms with Crippen LogP contribution in [0, 0.1) is 5.92 Å². The average Bonchev–Trinajstić information content (AvgIpc) is 3.48. The van der Waals surface area contributed by atoms with Gasteiger partial charge in [-0.15, -0.1) is 0 Å². The van der Waals surface area contributed by atoms with E-state index in [1.807, 2.05) is 31.2 Å². The Kier molecular flexibility index (Phi) is 5.89. The summed E-state index contributed by atoms with van der Waals surface area (Å²) in [6.45, 7) is 2.55. The van der Waals surface area contributed by atoms with Crippen LogP contribution in [0.2, 0.25) is 0 Å². The number of benzene rings is 2. The highest BCUT2D eigenvalue weighted by atomic mass is 16.5. The van der Waals surface area contributed by atoms with Crippen molar-refractivity contribution in [3.63, 3.8) is 0 Å². The molecule has 0 unspecified atom stereocenters. The Morgan fingerprint density at radius 3 is 2.31 bits per heavy atom. The van der Waals surface area contributed by atoms with Gasteiger partial charge in [-0.3, -0.25) is 9.59 Å². The van der Waals surface area contributed by atoms with Crippen LogP contribution >= 0.6 is 0 Å². The smallest absolute Gasteiger partial charge is 0.227 e. The van der Waals surface area contributed by atoms with Gasteiger partial charge < -0.3 is 15.4 Å². The minimum absolute atomic E-state index is 0.0499.